The van der Waals surface area contributed by atoms with E-state index in [0.29, 0.717) is 22.6 Å². The van der Waals surface area contributed by atoms with E-state index < -0.39 is 5.91 Å². The number of carbonyl (C=O) groups is 1. The van der Waals surface area contributed by atoms with Crippen LogP contribution in [0.2, 0.25) is 0 Å². The first kappa shape index (κ1) is 15.4. The first-order chi connectivity index (χ1) is 11.6. The van der Waals surface area contributed by atoms with Gasteiger partial charge in [0.25, 0.3) is 5.91 Å². The Morgan fingerprint density at radius 2 is 2.00 bits per heavy atom. The van der Waals surface area contributed by atoms with Gasteiger partial charge >= 0.3 is 0 Å². The second kappa shape index (κ2) is 6.30. The summed E-state index contributed by atoms with van der Waals surface area (Å²) in [6.45, 7) is 1.70. The molecular formula is C17H12FN5O. The molecule has 0 aliphatic rings. The van der Waals surface area contributed by atoms with Gasteiger partial charge in [0.2, 0.25) is 0 Å². The molecule has 0 aliphatic heterocycles. The van der Waals surface area contributed by atoms with Gasteiger partial charge in [0.15, 0.2) is 5.69 Å². The number of hydrogen-bond acceptors (Lipinski definition) is 4. The van der Waals surface area contributed by atoms with Gasteiger partial charge in [-0.1, -0.05) is 11.3 Å². The second-order valence-electron chi connectivity index (χ2n) is 5.06. The first-order valence-electron chi connectivity index (χ1n) is 7.08. The predicted molar refractivity (Wildman–Crippen MR) is 85.2 cm³/mol. The summed E-state index contributed by atoms with van der Waals surface area (Å²) < 4.78 is 14.5. The lowest BCUT2D eigenvalue weighted by Gasteiger charge is -2.05. The van der Waals surface area contributed by atoms with E-state index >= 15 is 0 Å². The molecule has 1 amide bonds. The van der Waals surface area contributed by atoms with Crippen molar-refractivity contribution in [2.24, 2.45) is 0 Å². The van der Waals surface area contributed by atoms with Crippen LogP contribution in [0.3, 0.4) is 0 Å². The molecule has 118 valence electrons. The average Bonchev–Trinajstić information content (AvgIpc) is 2.97. The van der Waals surface area contributed by atoms with Gasteiger partial charge in [0.05, 0.1) is 23.0 Å². The molecule has 0 radical (unpaired) electrons. The normalized spacial score (nSPS) is 10.2. The summed E-state index contributed by atoms with van der Waals surface area (Å²) in [4.78, 5) is 12.4. The van der Waals surface area contributed by atoms with Crippen LogP contribution in [0.25, 0.3) is 5.69 Å². The van der Waals surface area contributed by atoms with Crippen LogP contribution in [0, 0.1) is 24.1 Å². The van der Waals surface area contributed by atoms with Crippen molar-refractivity contribution in [2.45, 2.75) is 6.92 Å². The molecule has 3 aromatic rings. The van der Waals surface area contributed by atoms with Crippen molar-refractivity contribution in [3.05, 3.63) is 71.3 Å². The monoisotopic (exact) mass is 321 g/mol. The van der Waals surface area contributed by atoms with Crippen molar-refractivity contribution < 1.29 is 9.18 Å². The van der Waals surface area contributed by atoms with E-state index in [1.165, 1.54) is 16.8 Å². The summed E-state index contributed by atoms with van der Waals surface area (Å²) in [6.07, 6.45) is 0. The largest absolute Gasteiger partial charge is 0.320 e. The molecule has 0 bridgehead atoms. The molecule has 0 aliphatic carbocycles. The number of halogens is 1. The Labute approximate surface area is 137 Å². The van der Waals surface area contributed by atoms with Crippen molar-refractivity contribution in [1.29, 1.82) is 5.26 Å². The number of benzene rings is 2. The fraction of sp³-hybridized carbons (Fsp3) is 0.0588. The van der Waals surface area contributed by atoms with Crippen LogP contribution in [0.5, 0.6) is 0 Å². The number of rotatable bonds is 3. The molecule has 6 nitrogen and oxygen atoms in total. The zero-order valence-electron chi connectivity index (χ0n) is 12.7. The highest BCUT2D eigenvalue weighted by atomic mass is 19.1. The summed E-state index contributed by atoms with van der Waals surface area (Å²) in [5, 5.41) is 19.4. The third-order valence-electron chi connectivity index (χ3n) is 3.43. The highest BCUT2D eigenvalue weighted by Gasteiger charge is 2.17. The van der Waals surface area contributed by atoms with Crippen molar-refractivity contribution in [3.63, 3.8) is 0 Å². The molecule has 3 rings (SSSR count). The van der Waals surface area contributed by atoms with Gasteiger partial charge in [0, 0.05) is 5.69 Å². The molecular weight excluding hydrogens is 309 g/mol. The van der Waals surface area contributed by atoms with E-state index in [4.69, 9.17) is 5.26 Å². The maximum atomic E-state index is 13.0. The number of aromatic nitrogens is 3. The number of amides is 1. The van der Waals surface area contributed by atoms with E-state index in [1.807, 2.05) is 6.07 Å². The van der Waals surface area contributed by atoms with Gasteiger partial charge in [-0.05, 0) is 49.4 Å². The van der Waals surface area contributed by atoms with E-state index in [2.05, 4.69) is 15.6 Å². The zero-order chi connectivity index (χ0) is 17.1. The van der Waals surface area contributed by atoms with Crippen LogP contribution in [0.15, 0.2) is 48.5 Å². The second-order valence-corrected chi connectivity index (χ2v) is 5.06. The molecule has 0 saturated heterocycles. The third kappa shape index (κ3) is 2.98. The number of nitrogens with zero attached hydrogens (tertiary/aromatic N) is 4. The van der Waals surface area contributed by atoms with Crippen LogP contribution in [0.1, 0.15) is 21.7 Å². The number of anilines is 1. The fourth-order valence-corrected chi connectivity index (χ4v) is 2.22. The summed E-state index contributed by atoms with van der Waals surface area (Å²) in [6, 6.07) is 14.3. The van der Waals surface area contributed by atoms with E-state index in [1.54, 1.807) is 43.3 Å². The van der Waals surface area contributed by atoms with Gasteiger partial charge in [-0.3, -0.25) is 4.79 Å². The Bertz CT molecular complexity index is 940. The topological polar surface area (TPSA) is 83.6 Å². The van der Waals surface area contributed by atoms with Crippen molar-refractivity contribution in [1.82, 2.24) is 15.0 Å². The van der Waals surface area contributed by atoms with Crippen molar-refractivity contribution in [2.75, 3.05) is 5.32 Å². The molecule has 24 heavy (non-hydrogen) atoms. The van der Waals surface area contributed by atoms with E-state index in [-0.39, 0.29) is 11.5 Å². The SMILES string of the molecule is Cc1c(C(=O)Nc2cccc(C#N)c2)nnn1-c1ccc(F)cc1. The van der Waals surface area contributed by atoms with Gasteiger partial charge in [-0.15, -0.1) is 5.10 Å². The zero-order valence-corrected chi connectivity index (χ0v) is 12.7. The van der Waals surface area contributed by atoms with Crippen LogP contribution in [-0.4, -0.2) is 20.9 Å². The molecule has 1 heterocycles. The van der Waals surface area contributed by atoms with Crippen LogP contribution >= 0.6 is 0 Å². The number of hydrogen-bond donors (Lipinski definition) is 1. The van der Waals surface area contributed by atoms with Crippen LogP contribution < -0.4 is 5.32 Å². The van der Waals surface area contributed by atoms with Gasteiger partial charge in [-0.2, -0.15) is 5.26 Å². The highest BCUT2D eigenvalue weighted by molar-refractivity contribution is 6.03. The Balaban J connectivity index is 1.86. The summed E-state index contributed by atoms with van der Waals surface area (Å²) >= 11 is 0. The maximum absolute atomic E-state index is 13.0. The van der Waals surface area contributed by atoms with E-state index in [0.717, 1.165) is 0 Å². The van der Waals surface area contributed by atoms with Crippen molar-refractivity contribution in [3.8, 4) is 11.8 Å². The standard InChI is InChI=1S/C17H12FN5O/c1-11-16(17(24)20-14-4-2-3-12(9-14)10-19)21-22-23(11)15-7-5-13(18)6-8-15/h2-9H,1H3,(H,20,24). The maximum Gasteiger partial charge on any atom is 0.278 e. The molecule has 0 atom stereocenters. The Morgan fingerprint density at radius 1 is 1.25 bits per heavy atom. The molecule has 0 spiro atoms. The lowest BCUT2D eigenvalue weighted by atomic mass is 10.2. The Morgan fingerprint density at radius 3 is 2.71 bits per heavy atom. The minimum Gasteiger partial charge on any atom is -0.320 e. The quantitative estimate of drug-likeness (QED) is 0.804. The molecule has 1 aromatic heterocycles. The smallest absolute Gasteiger partial charge is 0.278 e. The third-order valence-corrected chi connectivity index (χ3v) is 3.43. The van der Waals surface area contributed by atoms with Crippen LogP contribution in [-0.2, 0) is 0 Å². The molecule has 0 saturated carbocycles. The van der Waals surface area contributed by atoms with Crippen molar-refractivity contribution >= 4 is 11.6 Å². The highest BCUT2D eigenvalue weighted by Crippen LogP contribution is 2.15. The van der Waals surface area contributed by atoms with Crippen LogP contribution in [0.4, 0.5) is 10.1 Å². The first-order valence-corrected chi connectivity index (χ1v) is 7.08. The minimum absolute atomic E-state index is 0.154. The van der Waals surface area contributed by atoms with Gasteiger partial charge in [-0.25, -0.2) is 9.07 Å². The average molecular weight is 321 g/mol. The van der Waals surface area contributed by atoms with E-state index in [9.17, 15) is 9.18 Å². The van der Waals surface area contributed by atoms with Gasteiger partial charge < -0.3 is 5.32 Å². The number of nitrogens with one attached hydrogen (secondary N) is 1. The lowest BCUT2D eigenvalue weighted by Crippen LogP contribution is -2.14. The molecule has 2 aromatic carbocycles. The number of nitriles is 1. The predicted octanol–water partition coefficient (Wildman–Crippen LogP) is 2.84. The lowest BCUT2D eigenvalue weighted by molar-refractivity contribution is 0.102. The number of carbonyl (C=O) groups excluding carboxylic acids is 1. The summed E-state index contributed by atoms with van der Waals surface area (Å²) in [7, 11) is 0. The molecule has 1 N–H and O–H groups in total. The molecule has 0 unspecified atom stereocenters. The Kier molecular flexibility index (Phi) is 4.03. The Hall–Kier alpha value is -3.53. The van der Waals surface area contributed by atoms with Gasteiger partial charge in [0.1, 0.15) is 5.82 Å². The molecule has 0 fully saturated rings. The summed E-state index contributed by atoms with van der Waals surface area (Å²) in [5.41, 5.74) is 2.22. The fourth-order valence-electron chi connectivity index (χ4n) is 2.22. The summed E-state index contributed by atoms with van der Waals surface area (Å²) in [5.74, 6) is -0.789. The minimum atomic E-state index is -0.434. The molecule has 7 heteroatoms.